The molecule has 0 bridgehead atoms. The number of hydrogen-bond acceptors (Lipinski definition) is 2. The summed E-state index contributed by atoms with van der Waals surface area (Å²) in [6.07, 6.45) is 1.44. The molecule has 2 amide bonds. The minimum absolute atomic E-state index is 0.0525. The maximum absolute atomic E-state index is 11.5. The summed E-state index contributed by atoms with van der Waals surface area (Å²) < 4.78 is 0. The molecule has 0 heterocycles. The molecule has 0 atom stereocenters. The predicted molar refractivity (Wildman–Crippen MR) is 74.2 cm³/mol. The Balaban J connectivity index is 3.75. The quantitative estimate of drug-likeness (QED) is 0.792. The van der Waals surface area contributed by atoms with Crippen molar-refractivity contribution in [2.45, 2.75) is 66.3 Å². The molecule has 0 aromatic carbocycles. The van der Waals surface area contributed by atoms with Crippen molar-refractivity contribution in [2.75, 3.05) is 6.54 Å². The van der Waals surface area contributed by atoms with E-state index in [9.17, 15) is 9.59 Å². The maximum atomic E-state index is 11.5. The Morgan fingerprint density at radius 1 is 0.889 bits per heavy atom. The monoisotopic (exact) mass is 256 g/mol. The molecule has 0 spiro atoms. The second-order valence-corrected chi connectivity index (χ2v) is 6.96. The number of nitrogens with one attached hydrogen (secondary N) is 2. The third-order valence-corrected chi connectivity index (χ3v) is 2.29. The van der Waals surface area contributed by atoms with E-state index in [2.05, 4.69) is 31.4 Å². The van der Waals surface area contributed by atoms with E-state index in [1.165, 1.54) is 0 Å². The van der Waals surface area contributed by atoms with E-state index in [0.29, 0.717) is 6.54 Å². The molecular formula is C14H28N2O2. The van der Waals surface area contributed by atoms with E-state index in [0.717, 1.165) is 6.42 Å². The van der Waals surface area contributed by atoms with E-state index in [1.807, 2.05) is 20.8 Å². The van der Waals surface area contributed by atoms with Crippen LogP contribution in [0.1, 0.15) is 60.8 Å². The van der Waals surface area contributed by atoms with E-state index >= 15 is 0 Å². The Morgan fingerprint density at radius 3 is 1.83 bits per heavy atom. The van der Waals surface area contributed by atoms with Gasteiger partial charge in [-0.1, -0.05) is 20.8 Å². The first-order valence-electron chi connectivity index (χ1n) is 6.57. The molecule has 0 aliphatic rings. The van der Waals surface area contributed by atoms with Crippen LogP contribution in [-0.4, -0.2) is 23.9 Å². The van der Waals surface area contributed by atoms with Gasteiger partial charge in [0.05, 0.1) is 0 Å². The largest absolute Gasteiger partial charge is 0.356 e. The van der Waals surface area contributed by atoms with Crippen molar-refractivity contribution in [3.63, 3.8) is 0 Å². The van der Waals surface area contributed by atoms with Gasteiger partial charge in [0.2, 0.25) is 11.8 Å². The van der Waals surface area contributed by atoms with Crippen LogP contribution in [0.2, 0.25) is 0 Å². The standard InChI is InChI=1S/C14H28N2O2/c1-13(2,3)9-10-15-11(17)7-8-12(18)16-14(4,5)6/h7-10H2,1-6H3,(H,15,17)(H,16,18). The van der Waals surface area contributed by atoms with Crippen LogP contribution in [0.25, 0.3) is 0 Å². The molecule has 18 heavy (non-hydrogen) atoms. The van der Waals surface area contributed by atoms with E-state index < -0.39 is 0 Å². The van der Waals surface area contributed by atoms with Crippen LogP contribution in [0.5, 0.6) is 0 Å². The molecule has 0 saturated carbocycles. The summed E-state index contributed by atoms with van der Waals surface area (Å²) in [6.45, 7) is 12.8. The average Bonchev–Trinajstić information content (AvgIpc) is 2.09. The summed E-state index contributed by atoms with van der Waals surface area (Å²) in [6, 6.07) is 0. The summed E-state index contributed by atoms with van der Waals surface area (Å²) in [5, 5.41) is 5.67. The minimum Gasteiger partial charge on any atom is -0.356 e. The van der Waals surface area contributed by atoms with Gasteiger partial charge in [-0.2, -0.15) is 0 Å². The van der Waals surface area contributed by atoms with Crippen LogP contribution in [0.4, 0.5) is 0 Å². The summed E-state index contributed by atoms with van der Waals surface area (Å²) in [5.41, 5.74) is -0.0172. The Morgan fingerprint density at radius 2 is 1.39 bits per heavy atom. The van der Waals surface area contributed by atoms with E-state index in [-0.39, 0.29) is 35.6 Å². The lowest BCUT2D eigenvalue weighted by atomic mass is 9.92. The van der Waals surface area contributed by atoms with Gasteiger partial charge < -0.3 is 10.6 Å². The van der Waals surface area contributed by atoms with Crippen LogP contribution >= 0.6 is 0 Å². The van der Waals surface area contributed by atoms with Crippen LogP contribution in [-0.2, 0) is 9.59 Å². The van der Waals surface area contributed by atoms with Crippen molar-refractivity contribution in [3.8, 4) is 0 Å². The van der Waals surface area contributed by atoms with Gasteiger partial charge in [-0.3, -0.25) is 9.59 Å². The van der Waals surface area contributed by atoms with Gasteiger partial charge in [0.15, 0.2) is 0 Å². The van der Waals surface area contributed by atoms with Crippen molar-refractivity contribution in [1.82, 2.24) is 10.6 Å². The van der Waals surface area contributed by atoms with Gasteiger partial charge in [0.1, 0.15) is 0 Å². The van der Waals surface area contributed by atoms with Crippen molar-refractivity contribution in [1.29, 1.82) is 0 Å². The SMILES string of the molecule is CC(C)(C)CCNC(=O)CCC(=O)NC(C)(C)C. The molecule has 0 aliphatic carbocycles. The number of amides is 2. The highest BCUT2D eigenvalue weighted by molar-refractivity contribution is 5.83. The van der Waals surface area contributed by atoms with Crippen LogP contribution in [0.15, 0.2) is 0 Å². The fourth-order valence-corrected chi connectivity index (χ4v) is 1.37. The number of carbonyl (C=O) groups is 2. The highest BCUT2D eigenvalue weighted by Crippen LogP contribution is 2.16. The number of rotatable bonds is 5. The molecule has 2 N–H and O–H groups in total. The first-order chi connectivity index (χ1) is 7.99. The predicted octanol–water partition coefficient (Wildman–Crippen LogP) is 2.23. The topological polar surface area (TPSA) is 58.2 Å². The fourth-order valence-electron chi connectivity index (χ4n) is 1.37. The normalized spacial score (nSPS) is 12.1. The van der Waals surface area contributed by atoms with Gasteiger partial charge in [0, 0.05) is 24.9 Å². The van der Waals surface area contributed by atoms with E-state index in [1.54, 1.807) is 0 Å². The van der Waals surface area contributed by atoms with Gasteiger partial charge in [0.25, 0.3) is 0 Å². The Bertz CT molecular complexity index is 285. The minimum atomic E-state index is -0.236. The summed E-state index contributed by atoms with van der Waals surface area (Å²) in [7, 11) is 0. The molecule has 106 valence electrons. The van der Waals surface area contributed by atoms with Gasteiger partial charge >= 0.3 is 0 Å². The number of carbonyl (C=O) groups excluding carboxylic acids is 2. The molecule has 0 rings (SSSR count). The number of hydrogen-bond donors (Lipinski definition) is 2. The van der Waals surface area contributed by atoms with Gasteiger partial charge in [-0.05, 0) is 32.6 Å². The second-order valence-electron chi connectivity index (χ2n) is 6.96. The lowest BCUT2D eigenvalue weighted by molar-refractivity contribution is -0.127. The Kier molecular flexibility index (Phi) is 6.36. The molecule has 0 saturated heterocycles. The molecule has 4 heteroatoms. The first kappa shape index (κ1) is 16.9. The lowest BCUT2D eigenvalue weighted by Gasteiger charge is -2.20. The zero-order chi connectivity index (χ0) is 14.4. The zero-order valence-corrected chi connectivity index (χ0v) is 12.6. The van der Waals surface area contributed by atoms with Crippen LogP contribution in [0, 0.1) is 5.41 Å². The molecule has 0 fully saturated rings. The molecule has 0 aromatic heterocycles. The van der Waals surface area contributed by atoms with Crippen molar-refractivity contribution >= 4 is 11.8 Å². The van der Waals surface area contributed by atoms with Crippen molar-refractivity contribution in [3.05, 3.63) is 0 Å². The Hall–Kier alpha value is -1.06. The molecule has 4 nitrogen and oxygen atoms in total. The molecule has 0 aromatic rings. The zero-order valence-electron chi connectivity index (χ0n) is 12.6. The van der Waals surface area contributed by atoms with Crippen molar-refractivity contribution < 1.29 is 9.59 Å². The molecule has 0 unspecified atom stereocenters. The van der Waals surface area contributed by atoms with Crippen LogP contribution < -0.4 is 10.6 Å². The third-order valence-electron chi connectivity index (χ3n) is 2.29. The Labute approximate surface area is 111 Å². The molecule has 0 aliphatic heterocycles. The summed E-state index contributed by atoms with van der Waals surface area (Å²) in [5.74, 6) is -0.128. The van der Waals surface area contributed by atoms with Crippen molar-refractivity contribution in [2.24, 2.45) is 5.41 Å². The molecule has 0 radical (unpaired) electrons. The fraction of sp³-hybridized carbons (Fsp3) is 0.857. The van der Waals surface area contributed by atoms with E-state index in [4.69, 9.17) is 0 Å². The maximum Gasteiger partial charge on any atom is 0.220 e. The van der Waals surface area contributed by atoms with Crippen LogP contribution in [0.3, 0.4) is 0 Å². The lowest BCUT2D eigenvalue weighted by Crippen LogP contribution is -2.41. The van der Waals surface area contributed by atoms with Gasteiger partial charge in [-0.15, -0.1) is 0 Å². The second kappa shape index (κ2) is 6.76. The highest BCUT2D eigenvalue weighted by Gasteiger charge is 2.15. The summed E-state index contributed by atoms with van der Waals surface area (Å²) in [4.78, 5) is 23.0. The smallest absolute Gasteiger partial charge is 0.220 e. The average molecular weight is 256 g/mol. The van der Waals surface area contributed by atoms with Gasteiger partial charge in [-0.25, -0.2) is 0 Å². The molecular weight excluding hydrogens is 228 g/mol. The summed E-state index contributed by atoms with van der Waals surface area (Å²) >= 11 is 0. The highest BCUT2D eigenvalue weighted by atomic mass is 16.2. The first-order valence-corrected chi connectivity index (χ1v) is 6.57. The third kappa shape index (κ3) is 11.4.